The van der Waals surface area contributed by atoms with Crippen molar-refractivity contribution in [3.63, 3.8) is 0 Å². The first-order chi connectivity index (χ1) is 12.1. The third-order valence-electron chi connectivity index (χ3n) is 4.72. The maximum absolute atomic E-state index is 12.6. The molecule has 2 aromatic heterocycles. The van der Waals surface area contributed by atoms with Crippen LogP contribution in [0, 0.1) is 6.92 Å². The third kappa shape index (κ3) is 2.78. The second kappa shape index (κ2) is 6.29. The van der Waals surface area contributed by atoms with Gasteiger partial charge in [0, 0.05) is 12.8 Å². The molecule has 4 rings (SSSR count). The fourth-order valence-corrected chi connectivity index (χ4v) is 3.46. The largest absolute Gasteiger partial charge is 0.376 e. The molecule has 0 saturated carbocycles. The van der Waals surface area contributed by atoms with E-state index < -0.39 is 11.2 Å². The third-order valence-corrected chi connectivity index (χ3v) is 4.72. The summed E-state index contributed by atoms with van der Waals surface area (Å²) in [7, 11) is 0. The number of rotatable bonds is 3. The van der Waals surface area contributed by atoms with Gasteiger partial charge in [0.25, 0.3) is 5.56 Å². The van der Waals surface area contributed by atoms with Crippen LogP contribution in [0.1, 0.15) is 18.4 Å². The molecule has 25 heavy (non-hydrogen) atoms. The van der Waals surface area contributed by atoms with Gasteiger partial charge in [0.2, 0.25) is 0 Å². The molecular weight excluding hydrogens is 318 g/mol. The zero-order chi connectivity index (χ0) is 17.4. The summed E-state index contributed by atoms with van der Waals surface area (Å²) >= 11 is 0. The Morgan fingerprint density at radius 2 is 2.08 bits per heavy atom. The predicted octanol–water partition coefficient (Wildman–Crippen LogP) is 2.24. The lowest BCUT2D eigenvalue weighted by Crippen LogP contribution is -2.34. The lowest BCUT2D eigenvalue weighted by atomic mass is 9.99. The average molecular weight is 337 g/mol. The zero-order valence-electron chi connectivity index (χ0n) is 14.0. The molecule has 1 aromatic carbocycles. The van der Waals surface area contributed by atoms with Crippen LogP contribution in [0.25, 0.3) is 22.2 Å². The van der Waals surface area contributed by atoms with Crippen LogP contribution in [0.15, 0.2) is 46.1 Å². The van der Waals surface area contributed by atoms with Crippen molar-refractivity contribution in [3.05, 3.63) is 62.9 Å². The number of H-pyrrole nitrogens is 1. The van der Waals surface area contributed by atoms with Crippen LogP contribution in [-0.4, -0.2) is 27.2 Å². The molecule has 6 heteroatoms. The monoisotopic (exact) mass is 337 g/mol. The number of hydrogen-bond acceptors (Lipinski definition) is 4. The van der Waals surface area contributed by atoms with Gasteiger partial charge in [-0.25, -0.2) is 9.78 Å². The van der Waals surface area contributed by atoms with E-state index >= 15 is 0 Å². The first kappa shape index (κ1) is 15.8. The van der Waals surface area contributed by atoms with Gasteiger partial charge in [0.05, 0.1) is 18.0 Å². The molecule has 1 unspecified atom stereocenters. The SMILES string of the molecule is Cc1ccccc1-c1ccnc2c1c(=O)[nH]c(=O)n2CC1CCCO1. The number of hydrogen-bond donors (Lipinski definition) is 1. The number of nitrogens with one attached hydrogen (secondary N) is 1. The van der Waals surface area contributed by atoms with Gasteiger partial charge in [-0.3, -0.25) is 14.3 Å². The molecular formula is C19H19N3O3. The standard InChI is InChI=1S/C19H19N3O3/c1-12-5-2-3-7-14(12)15-8-9-20-17-16(15)18(23)21-19(24)22(17)11-13-6-4-10-25-13/h2-3,5,7-9,13H,4,6,10-11H2,1H3,(H,21,23,24). The molecule has 6 nitrogen and oxygen atoms in total. The molecule has 3 aromatic rings. The molecule has 1 aliphatic rings. The van der Waals surface area contributed by atoms with Gasteiger partial charge in [-0.15, -0.1) is 0 Å². The van der Waals surface area contributed by atoms with E-state index in [1.165, 1.54) is 4.57 Å². The highest BCUT2D eigenvalue weighted by atomic mass is 16.5. The van der Waals surface area contributed by atoms with E-state index in [1.54, 1.807) is 6.20 Å². The molecule has 0 aliphatic carbocycles. The molecule has 1 fully saturated rings. The highest BCUT2D eigenvalue weighted by Crippen LogP contribution is 2.27. The highest BCUT2D eigenvalue weighted by Gasteiger charge is 2.20. The molecule has 1 aliphatic heterocycles. The van der Waals surface area contributed by atoms with Gasteiger partial charge in [0.1, 0.15) is 5.65 Å². The number of aromatic amines is 1. The Bertz CT molecular complexity index is 1050. The van der Waals surface area contributed by atoms with E-state index in [0.29, 0.717) is 24.2 Å². The number of aryl methyl sites for hydroxylation is 1. The summed E-state index contributed by atoms with van der Waals surface area (Å²) in [6, 6.07) is 9.68. The van der Waals surface area contributed by atoms with E-state index in [9.17, 15) is 9.59 Å². The maximum Gasteiger partial charge on any atom is 0.330 e. The van der Waals surface area contributed by atoms with Crippen LogP contribution < -0.4 is 11.2 Å². The summed E-state index contributed by atoms with van der Waals surface area (Å²) in [4.78, 5) is 31.7. The molecule has 0 bridgehead atoms. The fraction of sp³-hybridized carbons (Fsp3) is 0.316. The van der Waals surface area contributed by atoms with Crippen LogP contribution in [0.4, 0.5) is 0 Å². The van der Waals surface area contributed by atoms with Gasteiger partial charge in [0.15, 0.2) is 0 Å². The summed E-state index contributed by atoms with van der Waals surface area (Å²) < 4.78 is 7.17. The van der Waals surface area contributed by atoms with Crippen molar-refractivity contribution in [3.8, 4) is 11.1 Å². The molecule has 0 radical (unpaired) electrons. The molecule has 1 atom stereocenters. The van der Waals surface area contributed by atoms with Crippen molar-refractivity contribution >= 4 is 11.0 Å². The first-order valence-electron chi connectivity index (χ1n) is 8.44. The minimum Gasteiger partial charge on any atom is -0.376 e. The second-order valence-electron chi connectivity index (χ2n) is 6.38. The van der Waals surface area contributed by atoms with Gasteiger partial charge in [-0.2, -0.15) is 0 Å². The average Bonchev–Trinajstić information content (AvgIpc) is 3.11. The van der Waals surface area contributed by atoms with Gasteiger partial charge >= 0.3 is 5.69 Å². The summed E-state index contributed by atoms with van der Waals surface area (Å²) in [6.45, 7) is 3.11. The van der Waals surface area contributed by atoms with Crippen LogP contribution in [0.2, 0.25) is 0 Å². The summed E-state index contributed by atoms with van der Waals surface area (Å²) in [5, 5.41) is 0.439. The normalized spacial score (nSPS) is 17.2. The molecule has 0 spiro atoms. The van der Waals surface area contributed by atoms with Crippen LogP contribution in [0.5, 0.6) is 0 Å². The minimum absolute atomic E-state index is 0.0179. The predicted molar refractivity (Wildman–Crippen MR) is 95.8 cm³/mol. The Hall–Kier alpha value is -2.73. The van der Waals surface area contributed by atoms with Gasteiger partial charge in [-0.05, 0) is 42.5 Å². The maximum atomic E-state index is 12.6. The quantitative estimate of drug-likeness (QED) is 0.795. The van der Waals surface area contributed by atoms with Crippen molar-refractivity contribution in [2.45, 2.75) is 32.4 Å². The summed E-state index contributed by atoms with van der Waals surface area (Å²) in [5.41, 5.74) is 2.36. The van der Waals surface area contributed by atoms with Crippen molar-refractivity contribution < 1.29 is 4.74 Å². The van der Waals surface area contributed by atoms with Crippen LogP contribution in [-0.2, 0) is 11.3 Å². The van der Waals surface area contributed by atoms with Crippen molar-refractivity contribution in [1.82, 2.24) is 14.5 Å². The number of pyridine rings is 1. The Balaban J connectivity index is 1.97. The van der Waals surface area contributed by atoms with Gasteiger partial charge in [-0.1, -0.05) is 24.3 Å². The fourth-order valence-electron chi connectivity index (χ4n) is 3.46. The number of fused-ring (bicyclic) bond motifs is 1. The summed E-state index contributed by atoms with van der Waals surface area (Å²) in [6.07, 6.45) is 3.53. The number of nitrogens with zero attached hydrogens (tertiary/aromatic N) is 2. The van der Waals surface area contributed by atoms with Gasteiger partial charge < -0.3 is 4.74 Å². The Labute approximate surface area is 144 Å². The van der Waals surface area contributed by atoms with E-state index in [2.05, 4.69) is 9.97 Å². The molecule has 1 N–H and O–H groups in total. The van der Waals surface area contributed by atoms with E-state index in [1.807, 2.05) is 37.3 Å². The van der Waals surface area contributed by atoms with Crippen LogP contribution >= 0.6 is 0 Å². The highest BCUT2D eigenvalue weighted by molar-refractivity contribution is 5.92. The van der Waals surface area contributed by atoms with Crippen LogP contribution in [0.3, 0.4) is 0 Å². The minimum atomic E-state index is -0.442. The van der Waals surface area contributed by atoms with E-state index in [4.69, 9.17) is 4.74 Å². The van der Waals surface area contributed by atoms with Crippen molar-refractivity contribution in [2.75, 3.05) is 6.61 Å². The topological polar surface area (TPSA) is 77.0 Å². The first-order valence-corrected chi connectivity index (χ1v) is 8.44. The van der Waals surface area contributed by atoms with Crippen molar-refractivity contribution in [2.24, 2.45) is 0 Å². The molecule has 3 heterocycles. The molecule has 128 valence electrons. The Morgan fingerprint density at radius 3 is 2.84 bits per heavy atom. The summed E-state index contributed by atoms with van der Waals surface area (Å²) in [5.74, 6) is 0. The zero-order valence-corrected chi connectivity index (χ0v) is 14.0. The molecule has 1 saturated heterocycles. The smallest absolute Gasteiger partial charge is 0.330 e. The van der Waals surface area contributed by atoms with E-state index in [-0.39, 0.29) is 6.10 Å². The lowest BCUT2D eigenvalue weighted by molar-refractivity contribution is 0.0967. The molecule has 0 amide bonds. The number of aromatic nitrogens is 3. The lowest BCUT2D eigenvalue weighted by Gasteiger charge is -2.15. The number of benzene rings is 1. The van der Waals surface area contributed by atoms with E-state index in [0.717, 1.165) is 29.5 Å². The second-order valence-corrected chi connectivity index (χ2v) is 6.38. The Kier molecular flexibility index (Phi) is 3.97. The Morgan fingerprint density at radius 1 is 1.24 bits per heavy atom. The van der Waals surface area contributed by atoms with Crippen molar-refractivity contribution in [1.29, 1.82) is 0 Å². The number of ether oxygens (including phenoxy) is 1.